The lowest BCUT2D eigenvalue weighted by Crippen LogP contribution is -2.38. The molecule has 3 N–H and O–H groups in total. The average molecular weight is 612 g/mol. The van der Waals surface area contributed by atoms with E-state index in [1.807, 2.05) is 60.7 Å². The number of fused-ring (bicyclic) bond motifs is 2. The van der Waals surface area contributed by atoms with E-state index in [4.69, 9.17) is 10.8 Å². The number of hydrogen-bond acceptors (Lipinski definition) is 5. The molecule has 0 spiro atoms. The molecule has 0 saturated carbocycles. The van der Waals surface area contributed by atoms with Crippen LogP contribution in [0.3, 0.4) is 0 Å². The summed E-state index contributed by atoms with van der Waals surface area (Å²) < 4.78 is 2.22. The number of imidazole rings is 1. The number of hydrazine groups is 1. The third-order valence-electron chi connectivity index (χ3n) is 8.60. The van der Waals surface area contributed by atoms with Gasteiger partial charge in [0, 0.05) is 23.3 Å². The van der Waals surface area contributed by atoms with Crippen LogP contribution < -0.4 is 10.9 Å². The van der Waals surface area contributed by atoms with Crippen molar-refractivity contribution in [2.24, 2.45) is 5.84 Å². The molecule has 3 heterocycles. The van der Waals surface area contributed by atoms with E-state index >= 15 is 0 Å². The summed E-state index contributed by atoms with van der Waals surface area (Å²) in [5.41, 5.74) is 6.84. The van der Waals surface area contributed by atoms with Gasteiger partial charge in [-0.2, -0.15) is 0 Å². The molecule has 0 aliphatic heterocycles. The van der Waals surface area contributed by atoms with Crippen LogP contribution in [0, 0.1) is 0 Å². The molecule has 1 amide bonds. The molecule has 0 bridgehead atoms. The number of carbonyl (C=O) groups excluding carboxylic acids is 1. The van der Waals surface area contributed by atoms with Gasteiger partial charge in [-0.25, -0.2) is 20.8 Å². The number of hydrogen-bond donors (Lipinski definition) is 2. The fourth-order valence-corrected chi connectivity index (χ4v) is 6.45. The molecule has 226 valence electrons. The largest absolute Gasteiger partial charge is 0.310 e. The highest BCUT2D eigenvalue weighted by Crippen LogP contribution is 2.44. The second kappa shape index (κ2) is 11.5. The van der Waals surface area contributed by atoms with Crippen molar-refractivity contribution in [2.45, 2.75) is 5.54 Å². The van der Waals surface area contributed by atoms with Crippen molar-refractivity contribution in [3.8, 4) is 11.3 Å². The van der Waals surface area contributed by atoms with Crippen molar-refractivity contribution < 1.29 is 4.79 Å². The molecule has 47 heavy (non-hydrogen) atoms. The zero-order valence-electron chi connectivity index (χ0n) is 25.2. The van der Waals surface area contributed by atoms with Crippen molar-refractivity contribution >= 4 is 33.5 Å². The minimum absolute atomic E-state index is 0.0282. The van der Waals surface area contributed by atoms with Gasteiger partial charge in [0.25, 0.3) is 0 Å². The summed E-state index contributed by atoms with van der Waals surface area (Å²) in [4.78, 5) is 27.1. The van der Waals surface area contributed by atoms with E-state index in [0.717, 1.165) is 43.9 Å². The highest BCUT2D eigenvalue weighted by Gasteiger charge is 2.40. The van der Waals surface area contributed by atoms with E-state index in [0.29, 0.717) is 16.7 Å². The van der Waals surface area contributed by atoms with Gasteiger partial charge in [-0.1, -0.05) is 109 Å². The molecular formula is C39H29N7O. The van der Waals surface area contributed by atoms with Gasteiger partial charge in [0.15, 0.2) is 0 Å². The number of nitrogens with two attached hydrogens (primary N) is 1. The molecule has 3 aromatic heterocycles. The first-order chi connectivity index (χ1) is 23.1. The molecule has 8 nitrogen and oxygen atoms in total. The second-order valence-electron chi connectivity index (χ2n) is 11.3. The number of pyridine rings is 1. The van der Waals surface area contributed by atoms with E-state index in [2.05, 4.69) is 92.5 Å². The predicted molar refractivity (Wildman–Crippen MR) is 185 cm³/mol. The first-order valence-corrected chi connectivity index (χ1v) is 15.3. The Labute approximate surface area is 270 Å². The van der Waals surface area contributed by atoms with E-state index in [1.165, 1.54) is 0 Å². The molecule has 8 heteroatoms. The number of nitrogens with zero attached hydrogens (tertiary/aromatic N) is 5. The van der Waals surface area contributed by atoms with Gasteiger partial charge in [-0.05, 0) is 53.1 Å². The number of rotatable bonds is 7. The normalized spacial score (nSPS) is 11.6. The SMILES string of the molecule is NN(C(=O)c1nc2cc3c(-c4ccncc4)[nH]n(C(c4ccccc4)(c4ccccc4)c4ccccc4)c3cc2n1)c1ccccc1. The zero-order chi connectivity index (χ0) is 31.8. The number of para-hydroxylation sites is 1. The fourth-order valence-electron chi connectivity index (χ4n) is 6.45. The van der Waals surface area contributed by atoms with Crippen molar-refractivity contribution in [1.29, 1.82) is 0 Å². The molecule has 0 fully saturated rings. The Hall–Kier alpha value is -6.38. The molecule has 0 radical (unpaired) electrons. The van der Waals surface area contributed by atoms with Crippen LogP contribution in [-0.2, 0) is 5.54 Å². The fraction of sp³-hybridized carbons (Fsp3) is 0.0256. The molecular weight excluding hydrogens is 582 g/mol. The van der Waals surface area contributed by atoms with Crippen LogP contribution in [0.2, 0.25) is 0 Å². The van der Waals surface area contributed by atoms with Crippen molar-refractivity contribution in [3.05, 3.63) is 181 Å². The monoisotopic (exact) mass is 611 g/mol. The Morgan fingerprint density at radius 1 is 0.660 bits per heavy atom. The summed E-state index contributed by atoms with van der Waals surface area (Å²) in [5.74, 6) is 5.77. The Bertz CT molecular complexity index is 2220. The Kier molecular flexibility index (Phi) is 6.89. The third-order valence-corrected chi connectivity index (χ3v) is 8.60. The summed E-state index contributed by atoms with van der Waals surface area (Å²) >= 11 is 0. The number of amides is 1. The number of aromatic nitrogens is 5. The Balaban J connectivity index is 1.44. The highest BCUT2D eigenvalue weighted by molar-refractivity contribution is 6.06. The van der Waals surface area contributed by atoms with Crippen LogP contribution in [0.1, 0.15) is 27.3 Å². The van der Waals surface area contributed by atoms with Crippen LogP contribution in [0.15, 0.2) is 158 Å². The average Bonchev–Trinajstić information content (AvgIpc) is 3.74. The standard InChI is InChI=1S/C39H29N7O/c40-45(31-19-11-4-12-20-31)38(47)37-42-33-25-32-35(26-34(33)43-37)46(44-36(32)27-21-23-41-24-22-27)39(28-13-5-1-6-14-28,29-15-7-2-8-16-29)30-17-9-3-10-18-30/h1-26,44H,40H2. The summed E-state index contributed by atoms with van der Waals surface area (Å²) in [6.45, 7) is 0. The van der Waals surface area contributed by atoms with Crippen LogP contribution in [-0.4, -0.2) is 30.6 Å². The van der Waals surface area contributed by atoms with E-state index in [1.54, 1.807) is 24.5 Å². The topological polar surface area (TPSA) is 106 Å². The van der Waals surface area contributed by atoms with Crippen LogP contribution in [0.4, 0.5) is 5.69 Å². The number of carbonyl (C=O) groups is 1. The smallest absolute Gasteiger partial charge is 0.296 e. The molecule has 0 aliphatic carbocycles. The minimum atomic E-state index is -0.818. The van der Waals surface area contributed by atoms with Crippen molar-refractivity contribution in [1.82, 2.24) is 24.7 Å². The van der Waals surface area contributed by atoms with Crippen molar-refractivity contribution in [2.75, 3.05) is 5.01 Å². The van der Waals surface area contributed by atoms with Crippen LogP contribution in [0.25, 0.3) is 33.2 Å². The Morgan fingerprint density at radius 3 is 1.68 bits per heavy atom. The molecule has 5 aromatic carbocycles. The maximum absolute atomic E-state index is 13.5. The molecule has 8 aromatic rings. The first-order valence-electron chi connectivity index (χ1n) is 15.3. The number of benzene rings is 5. The maximum Gasteiger partial charge on any atom is 0.310 e. The molecule has 0 saturated heterocycles. The molecule has 8 rings (SSSR count). The van der Waals surface area contributed by atoms with Crippen molar-refractivity contribution in [3.63, 3.8) is 0 Å². The lowest BCUT2D eigenvalue weighted by atomic mass is 9.77. The maximum atomic E-state index is 13.5. The van der Waals surface area contributed by atoms with Crippen LogP contribution >= 0.6 is 0 Å². The number of nitrogens with one attached hydrogen (secondary N) is 1. The number of H-pyrrole nitrogens is 1. The minimum Gasteiger partial charge on any atom is -0.296 e. The summed E-state index contributed by atoms with van der Waals surface area (Å²) in [5, 5.41) is 5.82. The summed E-state index contributed by atoms with van der Waals surface area (Å²) in [6.07, 6.45) is 3.56. The second-order valence-corrected chi connectivity index (χ2v) is 11.3. The first kappa shape index (κ1) is 28.1. The van der Waals surface area contributed by atoms with Gasteiger partial charge >= 0.3 is 5.91 Å². The predicted octanol–water partition coefficient (Wildman–Crippen LogP) is 7.34. The van der Waals surface area contributed by atoms with Gasteiger partial charge < -0.3 is 0 Å². The highest BCUT2D eigenvalue weighted by atomic mass is 16.2. The number of aromatic amines is 1. The third kappa shape index (κ3) is 4.67. The molecule has 0 unspecified atom stereocenters. The van der Waals surface area contributed by atoms with E-state index < -0.39 is 11.4 Å². The van der Waals surface area contributed by atoms with Gasteiger partial charge in [0.1, 0.15) is 5.54 Å². The molecule has 0 aliphatic rings. The van der Waals surface area contributed by atoms with Crippen LogP contribution in [0.5, 0.6) is 0 Å². The molecule has 0 atom stereocenters. The number of anilines is 1. The Morgan fingerprint density at radius 2 is 1.15 bits per heavy atom. The lowest BCUT2D eigenvalue weighted by molar-refractivity contribution is 0.0978. The zero-order valence-corrected chi connectivity index (χ0v) is 25.2. The van der Waals surface area contributed by atoms with Gasteiger partial charge in [-0.3, -0.25) is 19.6 Å². The van der Waals surface area contributed by atoms with Gasteiger partial charge in [-0.15, -0.1) is 0 Å². The van der Waals surface area contributed by atoms with Gasteiger partial charge in [0.05, 0.1) is 27.9 Å². The van der Waals surface area contributed by atoms with E-state index in [-0.39, 0.29) is 5.82 Å². The summed E-state index contributed by atoms with van der Waals surface area (Å²) in [7, 11) is 0. The lowest BCUT2D eigenvalue weighted by Gasteiger charge is -2.37. The quantitative estimate of drug-likeness (QED) is 0.0849. The summed E-state index contributed by atoms with van der Waals surface area (Å²) in [6, 6.07) is 48.4. The van der Waals surface area contributed by atoms with E-state index in [9.17, 15) is 4.79 Å². The van der Waals surface area contributed by atoms with Gasteiger partial charge in [0.2, 0.25) is 5.82 Å².